The molecule has 4 unspecified atom stereocenters. The van der Waals surface area contributed by atoms with Crippen molar-refractivity contribution in [1.29, 1.82) is 0 Å². The second-order valence-electron chi connectivity index (χ2n) is 7.33. The predicted octanol–water partition coefficient (Wildman–Crippen LogP) is 1.91. The van der Waals surface area contributed by atoms with Crippen LogP contribution >= 0.6 is 0 Å². The lowest BCUT2D eigenvalue weighted by Crippen LogP contribution is -2.54. The van der Waals surface area contributed by atoms with Crippen LogP contribution in [0.4, 0.5) is 0 Å². The molecule has 0 aromatic rings. The summed E-state index contributed by atoms with van der Waals surface area (Å²) in [6.45, 7) is 13.0. The number of hydrogen-bond donors (Lipinski definition) is 1. The van der Waals surface area contributed by atoms with E-state index in [2.05, 4.69) is 56.8 Å². The molecule has 2 aliphatic heterocycles. The largest absolute Gasteiger partial charge is 0.322 e. The molecule has 2 aliphatic rings. The third-order valence-electron chi connectivity index (χ3n) is 5.23. The molecule has 1 amide bonds. The van der Waals surface area contributed by atoms with Gasteiger partial charge in [0.2, 0.25) is 5.91 Å². The van der Waals surface area contributed by atoms with Crippen LogP contribution in [0.1, 0.15) is 47.5 Å². The van der Waals surface area contributed by atoms with Crippen molar-refractivity contribution in [2.75, 3.05) is 20.1 Å². The number of carbonyl (C=O) groups is 1. The fourth-order valence-electron chi connectivity index (χ4n) is 3.72. The van der Waals surface area contributed by atoms with E-state index >= 15 is 0 Å². The van der Waals surface area contributed by atoms with Crippen molar-refractivity contribution >= 4 is 5.91 Å². The lowest BCUT2D eigenvalue weighted by Gasteiger charge is -2.43. The van der Waals surface area contributed by atoms with E-state index in [-0.39, 0.29) is 11.7 Å². The minimum atomic E-state index is -0.377. The Bertz CT molecular complexity index is 371. The zero-order valence-corrected chi connectivity index (χ0v) is 13.9. The summed E-state index contributed by atoms with van der Waals surface area (Å²) < 4.78 is 0. The second kappa shape index (κ2) is 5.64. The van der Waals surface area contributed by atoms with Gasteiger partial charge in [-0.15, -0.1) is 0 Å². The third kappa shape index (κ3) is 2.60. The average Bonchev–Trinajstić information content (AvgIpc) is 2.64. The molecule has 0 radical (unpaired) electrons. The molecule has 2 rings (SSSR count). The highest BCUT2D eigenvalue weighted by Crippen LogP contribution is 2.33. The van der Waals surface area contributed by atoms with Crippen LogP contribution in [0.15, 0.2) is 0 Å². The molecule has 116 valence electrons. The van der Waals surface area contributed by atoms with Crippen LogP contribution in [-0.4, -0.2) is 53.6 Å². The lowest BCUT2D eigenvalue weighted by molar-refractivity contribution is -0.137. The molecule has 0 aromatic carbocycles. The number of rotatable bonds is 3. The van der Waals surface area contributed by atoms with Crippen molar-refractivity contribution in [3.05, 3.63) is 0 Å². The molecule has 0 saturated carbocycles. The number of amides is 1. The molecule has 1 N–H and O–H groups in total. The first-order chi connectivity index (χ1) is 9.30. The molecule has 4 nitrogen and oxygen atoms in total. The van der Waals surface area contributed by atoms with Crippen LogP contribution < -0.4 is 5.32 Å². The van der Waals surface area contributed by atoms with Crippen LogP contribution in [0.25, 0.3) is 0 Å². The molecule has 0 aliphatic carbocycles. The van der Waals surface area contributed by atoms with Gasteiger partial charge in [0.05, 0.1) is 11.7 Å². The average molecular weight is 281 g/mol. The maximum Gasteiger partial charge on any atom is 0.244 e. The summed E-state index contributed by atoms with van der Waals surface area (Å²) in [6, 6.07) is 0.381. The maximum atomic E-state index is 12.9. The highest BCUT2D eigenvalue weighted by atomic mass is 16.2. The monoisotopic (exact) mass is 281 g/mol. The highest BCUT2D eigenvalue weighted by Gasteiger charge is 2.51. The van der Waals surface area contributed by atoms with E-state index in [0.29, 0.717) is 23.8 Å². The van der Waals surface area contributed by atoms with E-state index in [1.165, 1.54) is 0 Å². The molecular formula is C16H31N3O. The number of piperidine rings is 1. The number of nitrogens with one attached hydrogen (secondary N) is 1. The summed E-state index contributed by atoms with van der Waals surface area (Å²) in [5.74, 6) is 1.29. The van der Waals surface area contributed by atoms with Gasteiger partial charge in [-0.1, -0.05) is 27.7 Å². The Balaban J connectivity index is 2.25. The zero-order chi connectivity index (χ0) is 15.1. The van der Waals surface area contributed by atoms with Crippen LogP contribution in [0.5, 0.6) is 0 Å². The SMILES string of the molecule is CCC1(C)NC(C(C)C)N(C2CCN(C)CC2C)C1=O. The van der Waals surface area contributed by atoms with Crippen molar-refractivity contribution in [3.63, 3.8) is 0 Å². The van der Waals surface area contributed by atoms with E-state index in [9.17, 15) is 4.79 Å². The Hall–Kier alpha value is -0.610. The number of carbonyl (C=O) groups excluding carboxylic acids is 1. The smallest absolute Gasteiger partial charge is 0.244 e. The summed E-state index contributed by atoms with van der Waals surface area (Å²) in [5, 5.41) is 3.61. The maximum absolute atomic E-state index is 12.9. The normalized spacial score (nSPS) is 39.9. The molecule has 4 heteroatoms. The van der Waals surface area contributed by atoms with Crippen molar-refractivity contribution < 1.29 is 4.79 Å². The van der Waals surface area contributed by atoms with Gasteiger partial charge in [-0.3, -0.25) is 10.1 Å². The summed E-state index contributed by atoms with van der Waals surface area (Å²) >= 11 is 0. The Morgan fingerprint density at radius 3 is 2.60 bits per heavy atom. The van der Waals surface area contributed by atoms with Gasteiger partial charge in [0.1, 0.15) is 0 Å². The van der Waals surface area contributed by atoms with E-state index in [0.717, 1.165) is 25.9 Å². The topological polar surface area (TPSA) is 35.6 Å². The van der Waals surface area contributed by atoms with Gasteiger partial charge >= 0.3 is 0 Å². The molecule has 2 heterocycles. The molecular weight excluding hydrogens is 250 g/mol. The summed E-state index contributed by atoms with van der Waals surface area (Å²) in [4.78, 5) is 17.5. The third-order valence-corrected chi connectivity index (χ3v) is 5.23. The Morgan fingerprint density at radius 2 is 2.10 bits per heavy atom. The van der Waals surface area contributed by atoms with E-state index in [1.807, 2.05) is 0 Å². The molecule has 2 fully saturated rings. The molecule has 0 bridgehead atoms. The molecule has 4 atom stereocenters. The standard InChI is InChI=1S/C16H31N3O/c1-7-16(5)15(20)19(14(17-16)11(2)3)13-8-9-18(6)10-12(13)4/h11-14,17H,7-10H2,1-6H3. The Labute approximate surface area is 123 Å². The lowest BCUT2D eigenvalue weighted by atomic mass is 9.90. The van der Waals surface area contributed by atoms with E-state index in [4.69, 9.17) is 0 Å². The predicted molar refractivity (Wildman–Crippen MR) is 82.4 cm³/mol. The summed E-state index contributed by atoms with van der Waals surface area (Å²) in [5.41, 5.74) is -0.377. The van der Waals surface area contributed by atoms with Crippen molar-refractivity contribution in [1.82, 2.24) is 15.1 Å². The number of hydrogen-bond acceptors (Lipinski definition) is 3. The van der Waals surface area contributed by atoms with Crippen LogP contribution in [0, 0.1) is 11.8 Å². The first-order valence-electron chi connectivity index (χ1n) is 8.09. The molecule has 0 spiro atoms. The van der Waals surface area contributed by atoms with Crippen LogP contribution in [0.2, 0.25) is 0 Å². The van der Waals surface area contributed by atoms with Crippen molar-refractivity contribution in [2.24, 2.45) is 11.8 Å². The van der Waals surface area contributed by atoms with Gasteiger partial charge in [-0.2, -0.15) is 0 Å². The van der Waals surface area contributed by atoms with Gasteiger partial charge in [0.25, 0.3) is 0 Å². The molecule has 20 heavy (non-hydrogen) atoms. The molecule has 0 aromatic heterocycles. The highest BCUT2D eigenvalue weighted by molar-refractivity contribution is 5.88. The number of nitrogens with zero attached hydrogens (tertiary/aromatic N) is 2. The first-order valence-corrected chi connectivity index (χ1v) is 8.09. The van der Waals surface area contributed by atoms with Crippen LogP contribution in [0.3, 0.4) is 0 Å². The second-order valence-corrected chi connectivity index (χ2v) is 7.33. The van der Waals surface area contributed by atoms with Gasteiger partial charge in [-0.25, -0.2) is 0 Å². The fourth-order valence-corrected chi connectivity index (χ4v) is 3.72. The van der Waals surface area contributed by atoms with Gasteiger partial charge in [0.15, 0.2) is 0 Å². The van der Waals surface area contributed by atoms with Crippen LogP contribution in [-0.2, 0) is 4.79 Å². The van der Waals surface area contributed by atoms with Gasteiger partial charge in [0, 0.05) is 12.6 Å². The molecule has 2 saturated heterocycles. The fraction of sp³-hybridized carbons (Fsp3) is 0.938. The Kier molecular flexibility index (Phi) is 4.45. The van der Waals surface area contributed by atoms with Crippen molar-refractivity contribution in [2.45, 2.75) is 65.2 Å². The van der Waals surface area contributed by atoms with Crippen molar-refractivity contribution in [3.8, 4) is 0 Å². The summed E-state index contributed by atoms with van der Waals surface area (Å²) in [6.07, 6.45) is 2.13. The Morgan fingerprint density at radius 1 is 1.45 bits per heavy atom. The van der Waals surface area contributed by atoms with E-state index < -0.39 is 0 Å². The number of likely N-dealkylation sites (tertiary alicyclic amines) is 1. The zero-order valence-electron chi connectivity index (χ0n) is 13.9. The quantitative estimate of drug-likeness (QED) is 0.858. The van der Waals surface area contributed by atoms with Gasteiger partial charge < -0.3 is 9.80 Å². The van der Waals surface area contributed by atoms with Gasteiger partial charge in [-0.05, 0) is 45.2 Å². The van der Waals surface area contributed by atoms with E-state index in [1.54, 1.807) is 0 Å². The minimum absolute atomic E-state index is 0.184. The summed E-state index contributed by atoms with van der Waals surface area (Å²) in [7, 11) is 2.17. The minimum Gasteiger partial charge on any atom is -0.322 e. The first kappa shape index (κ1) is 15.8.